The van der Waals surface area contributed by atoms with Gasteiger partial charge in [-0.2, -0.15) is 4.73 Å². The topological polar surface area (TPSA) is 42.2 Å². The average molecular weight is 291 g/mol. The number of aryl methyl sites for hydroxylation is 1. The lowest BCUT2D eigenvalue weighted by molar-refractivity contribution is 0.174. The van der Waals surface area contributed by atoms with Crippen LogP contribution in [0.25, 0.3) is 11.1 Å². The molecule has 3 heteroatoms. The fraction of sp³-hybridized carbons (Fsp3) is 0.105. The molecule has 3 aromatic rings. The third kappa shape index (κ3) is 2.93. The average Bonchev–Trinajstić information content (AvgIpc) is 2.53. The second-order valence-corrected chi connectivity index (χ2v) is 5.43. The molecule has 0 unspecified atom stereocenters. The van der Waals surface area contributed by atoms with Crippen LogP contribution >= 0.6 is 0 Å². The summed E-state index contributed by atoms with van der Waals surface area (Å²) in [7, 11) is 0. The molecule has 0 bridgehead atoms. The molecule has 0 saturated heterocycles. The monoisotopic (exact) mass is 291 g/mol. The summed E-state index contributed by atoms with van der Waals surface area (Å²) in [5.41, 5.74) is 4.22. The highest BCUT2D eigenvalue weighted by molar-refractivity contribution is 5.63. The van der Waals surface area contributed by atoms with Crippen molar-refractivity contribution >= 4 is 0 Å². The van der Waals surface area contributed by atoms with Crippen LogP contribution in [0.15, 0.2) is 71.7 Å². The van der Waals surface area contributed by atoms with Crippen LogP contribution in [0.1, 0.15) is 16.7 Å². The first-order valence-corrected chi connectivity index (χ1v) is 7.19. The largest absolute Gasteiger partial charge is 0.425 e. The normalized spacial score (nSPS) is 10.6. The minimum atomic E-state index is -0.375. The number of aromatic nitrogens is 1. The van der Waals surface area contributed by atoms with Gasteiger partial charge >= 0.3 is 0 Å². The molecule has 2 aromatic carbocycles. The molecule has 110 valence electrons. The Morgan fingerprint density at radius 3 is 2.32 bits per heavy atom. The van der Waals surface area contributed by atoms with E-state index in [1.54, 1.807) is 0 Å². The van der Waals surface area contributed by atoms with E-state index in [-0.39, 0.29) is 5.56 Å². The molecule has 0 spiro atoms. The van der Waals surface area contributed by atoms with Gasteiger partial charge < -0.3 is 5.21 Å². The fourth-order valence-corrected chi connectivity index (χ4v) is 2.47. The van der Waals surface area contributed by atoms with E-state index in [2.05, 4.69) is 0 Å². The minimum absolute atomic E-state index is 0.375. The van der Waals surface area contributed by atoms with Crippen molar-refractivity contribution < 1.29 is 5.21 Å². The third-order valence-electron chi connectivity index (χ3n) is 3.70. The van der Waals surface area contributed by atoms with Gasteiger partial charge in [0.1, 0.15) is 0 Å². The first-order valence-electron chi connectivity index (χ1n) is 7.19. The molecular formula is C19H17NO2. The van der Waals surface area contributed by atoms with E-state index in [1.807, 2.05) is 67.6 Å². The Morgan fingerprint density at radius 2 is 1.64 bits per heavy atom. The number of hydrogen-bond acceptors (Lipinski definition) is 2. The van der Waals surface area contributed by atoms with Crippen LogP contribution in [0, 0.1) is 6.92 Å². The number of hydrogen-bond donors (Lipinski definition) is 1. The molecule has 0 aliphatic heterocycles. The first kappa shape index (κ1) is 14.1. The van der Waals surface area contributed by atoms with Gasteiger partial charge in [-0.15, -0.1) is 0 Å². The summed E-state index contributed by atoms with van der Waals surface area (Å²) in [6.45, 7) is 2.03. The van der Waals surface area contributed by atoms with Gasteiger partial charge in [0, 0.05) is 17.5 Å². The van der Waals surface area contributed by atoms with Crippen molar-refractivity contribution in [3.05, 3.63) is 93.9 Å². The summed E-state index contributed by atoms with van der Waals surface area (Å²) in [6, 6.07) is 19.6. The molecule has 3 rings (SSSR count). The predicted octanol–water partition coefficient (Wildman–Crippen LogP) is 3.65. The van der Waals surface area contributed by atoms with Crippen LogP contribution in [0.2, 0.25) is 0 Å². The van der Waals surface area contributed by atoms with Crippen LogP contribution < -0.4 is 5.56 Å². The van der Waals surface area contributed by atoms with Crippen LogP contribution in [0.4, 0.5) is 0 Å². The van der Waals surface area contributed by atoms with Crippen molar-refractivity contribution in [3.8, 4) is 11.1 Å². The van der Waals surface area contributed by atoms with Gasteiger partial charge in [0.2, 0.25) is 0 Å². The fourth-order valence-electron chi connectivity index (χ4n) is 2.47. The Kier molecular flexibility index (Phi) is 3.79. The molecule has 0 saturated carbocycles. The highest BCUT2D eigenvalue weighted by Gasteiger charge is 2.08. The summed E-state index contributed by atoms with van der Waals surface area (Å²) >= 11 is 0. The quantitative estimate of drug-likeness (QED) is 0.748. The molecule has 0 radical (unpaired) electrons. The predicted molar refractivity (Wildman–Crippen MR) is 87.3 cm³/mol. The van der Waals surface area contributed by atoms with E-state index in [4.69, 9.17) is 0 Å². The standard InChI is InChI=1S/C19H17NO2/c1-14-7-9-16(10-8-14)18-12-17(19(21)20(22)13-18)11-15-5-3-2-4-6-15/h2-10,12-13,22H,11H2,1H3. The summed E-state index contributed by atoms with van der Waals surface area (Å²) in [5, 5.41) is 9.88. The van der Waals surface area contributed by atoms with Crippen molar-refractivity contribution in [2.75, 3.05) is 0 Å². The second-order valence-electron chi connectivity index (χ2n) is 5.43. The van der Waals surface area contributed by atoms with Crippen molar-refractivity contribution in [1.29, 1.82) is 0 Å². The van der Waals surface area contributed by atoms with E-state index in [0.29, 0.717) is 16.7 Å². The smallest absolute Gasteiger partial charge is 0.286 e. The number of rotatable bonds is 3. The zero-order chi connectivity index (χ0) is 15.5. The molecular weight excluding hydrogens is 274 g/mol. The van der Waals surface area contributed by atoms with Gasteiger partial charge in [-0.05, 0) is 24.1 Å². The lowest BCUT2D eigenvalue weighted by Gasteiger charge is -2.08. The van der Waals surface area contributed by atoms with Crippen molar-refractivity contribution in [2.24, 2.45) is 0 Å². The molecule has 0 aliphatic carbocycles. The van der Waals surface area contributed by atoms with Crippen molar-refractivity contribution in [3.63, 3.8) is 0 Å². The van der Waals surface area contributed by atoms with Crippen molar-refractivity contribution in [1.82, 2.24) is 4.73 Å². The lowest BCUT2D eigenvalue weighted by atomic mass is 10.0. The maximum atomic E-state index is 12.1. The van der Waals surface area contributed by atoms with E-state index < -0.39 is 0 Å². The molecule has 1 aromatic heterocycles. The minimum Gasteiger partial charge on any atom is -0.425 e. The molecule has 3 nitrogen and oxygen atoms in total. The molecule has 22 heavy (non-hydrogen) atoms. The van der Waals surface area contributed by atoms with E-state index in [9.17, 15) is 10.0 Å². The van der Waals surface area contributed by atoms with Crippen LogP contribution in [-0.4, -0.2) is 9.94 Å². The van der Waals surface area contributed by atoms with Gasteiger partial charge in [-0.25, -0.2) is 0 Å². The maximum Gasteiger partial charge on any atom is 0.286 e. The lowest BCUT2D eigenvalue weighted by Crippen LogP contribution is -2.21. The van der Waals surface area contributed by atoms with Gasteiger partial charge in [-0.3, -0.25) is 4.79 Å². The summed E-state index contributed by atoms with van der Waals surface area (Å²) in [5.74, 6) is 0. The molecule has 0 aliphatic rings. The number of pyridine rings is 1. The highest BCUT2D eigenvalue weighted by Crippen LogP contribution is 2.20. The maximum absolute atomic E-state index is 12.1. The van der Waals surface area contributed by atoms with Crippen LogP contribution in [-0.2, 0) is 6.42 Å². The zero-order valence-electron chi connectivity index (χ0n) is 12.4. The Morgan fingerprint density at radius 1 is 0.955 bits per heavy atom. The number of benzene rings is 2. The SMILES string of the molecule is Cc1ccc(-c2cc(Cc3ccccc3)c(=O)n(O)c2)cc1. The first-order chi connectivity index (χ1) is 10.6. The Bertz CT molecular complexity index is 834. The zero-order valence-corrected chi connectivity index (χ0v) is 12.4. The van der Waals surface area contributed by atoms with Gasteiger partial charge in [-0.1, -0.05) is 60.2 Å². The van der Waals surface area contributed by atoms with E-state index >= 15 is 0 Å². The summed E-state index contributed by atoms with van der Waals surface area (Å²) < 4.78 is 0.674. The van der Waals surface area contributed by atoms with Gasteiger partial charge in [0.05, 0.1) is 6.20 Å². The Hall–Kier alpha value is -2.81. The second kappa shape index (κ2) is 5.90. The highest BCUT2D eigenvalue weighted by atomic mass is 16.5. The third-order valence-corrected chi connectivity index (χ3v) is 3.70. The van der Waals surface area contributed by atoms with E-state index in [0.717, 1.165) is 16.7 Å². The Balaban J connectivity index is 2.03. The van der Waals surface area contributed by atoms with Gasteiger partial charge in [0.25, 0.3) is 5.56 Å². The van der Waals surface area contributed by atoms with Crippen LogP contribution in [0.5, 0.6) is 0 Å². The van der Waals surface area contributed by atoms with Crippen LogP contribution in [0.3, 0.4) is 0 Å². The summed E-state index contributed by atoms with van der Waals surface area (Å²) in [4.78, 5) is 12.1. The van der Waals surface area contributed by atoms with E-state index in [1.165, 1.54) is 11.8 Å². The molecule has 0 atom stereocenters. The summed E-state index contributed by atoms with van der Waals surface area (Å²) in [6.07, 6.45) is 1.96. The Labute approximate surface area is 129 Å². The molecule has 0 fully saturated rings. The molecule has 1 N–H and O–H groups in total. The van der Waals surface area contributed by atoms with Gasteiger partial charge in [0.15, 0.2) is 0 Å². The molecule has 1 heterocycles. The molecule has 0 amide bonds. The van der Waals surface area contributed by atoms with Crippen molar-refractivity contribution in [2.45, 2.75) is 13.3 Å². The number of nitrogens with zero attached hydrogens (tertiary/aromatic N) is 1.